The van der Waals surface area contributed by atoms with E-state index in [1.165, 1.54) is 18.4 Å². The molecule has 1 aliphatic carbocycles. The fourth-order valence-corrected chi connectivity index (χ4v) is 2.02. The summed E-state index contributed by atoms with van der Waals surface area (Å²) in [5.74, 6) is 0.784. The van der Waals surface area contributed by atoms with Crippen molar-refractivity contribution in [2.45, 2.75) is 32.4 Å². The van der Waals surface area contributed by atoms with E-state index in [0.717, 1.165) is 25.6 Å². The summed E-state index contributed by atoms with van der Waals surface area (Å²) in [6, 6.07) is 4.51. The van der Waals surface area contributed by atoms with Gasteiger partial charge in [0.1, 0.15) is 0 Å². The van der Waals surface area contributed by atoms with Crippen LogP contribution in [0.15, 0.2) is 24.5 Å². The highest BCUT2D eigenvalue weighted by molar-refractivity contribution is 5.09. The van der Waals surface area contributed by atoms with E-state index >= 15 is 0 Å². The Hall–Kier alpha value is -0.930. The first-order valence-corrected chi connectivity index (χ1v) is 6.16. The van der Waals surface area contributed by atoms with E-state index in [-0.39, 0.29) is 0 Å². The summed E-state index contributed by atoms with van der Waals surface area (Å²) in [6.07, 6.45) is 6.36. The molecule has 0 saturated heterocycles. The summed E-state index contributed by atoms with van der Waals surface area (Å²) in [4.78, 5) is 6.45. The highest BCUT2D eigenvalue weighted by Gasteiger charge is 2.29. The fraction of sp³-hybridized carbons (Fsp3) is 0.615. The van der Waals surface area contributed by atoms with Crippen LogP contribution < -0.4 is 5.73 Å². The molecule has 0 aliphatic heterocycles. The average molecular weight is 219 g/mol. The highest BCUT2D eigenvalue weighted by atomic mass is 15.1. The molecule has 16 heavy (non-hydrogen) atoms. The average Bonchev–Trinajstić information content (AvgIpc) is 3.13. The van der Waals surface area contributed by atoms with Crippen molar-refractivity contribution in [1.82, 2.24) is 9.88 Å². The summed E-state index contributed by atoms with van der Waals surface area (Å²) in [6.45, 7) is 5.26. The van der Waals surface area contributed by atoms with Crippen LogP contribution in [0.25, 0.3) is 0 Å². The molecular formula is C13H21N3. The predicted molar refractivity (Wildman–Crippen MR) is 65.9 cm³/mol. The monoisotopic (exact) mass is 219 g/mol. The number of pyridine rings is 1. The first-order chi connectivity index (χ1) is 7.79. The molecule has 1 unspecified atom stereocenters. The third kappa shape index (κ3) is 3.29. The van der Waals surface area contributed by atoms with Gasteiger partial charge in [0, 0.05) is 31.5 Å². The van der Waals surface area contributed by atoms with Gasteiger partial charge in [-0.05, 0) is 43.0 Å². The molecule has 1 aromatic rings. The quantitative estimate of drug-likeness (QED) is 0.791. The molecule has 3 heteroatoms. The van der Waals surface area contributed by atoms with Crippen LogP contribution >= 0.6 is 0 Å². The van der Waals surface area contributed by atoms with Crippen LogP contribution in [0.1, 0.15) is 25.3 Å². The molecule has 0 spiro atoms. The van der Waals surface area contributed by atoms with Gasteiger partial charge in [-0.25, -0.2) is 0 Å². The maximum absolute atomic E-state index is 6.16. The van der Waals surface area contributed by atoms with Crippen molar-refractivity contribution < 1.29 is 0 Å². The molecule has 1 saturated carbocycles. The molecule has 1 aromatic heterocycles. The van der Waals surface area contributed by atoms with Crippen molar-refractivity contribution in [3.05, 3.63) is 30.1 Å². The molecule has 1 fully saturated rings. The molecule has 2 N–H and O–H groups in total. The van der Waals surface area contributed by atoms with Gasteiger partial charge < -0.3 is 5.73 Å². The second kappa shape index (κ2) is 5.41. The van der Waals surface area contributed by atoms with Crippen LogP contribution in [0.5, 0.6) is 0 Å². The summed E-state index contributed by atoms with van der Waals surface area (Å²) in [5.41, 5.74) is 7.47. The fourth-order valence-electron chi connectivity index (χ4n) is 2.02. The van der Waals surface area contributed by atoms with Crippen LogP contribution in [-0.2, 0) is 6.54 Å². The summed E-state index contributed by atoms with van der Waals surface area (Å²) in [7, 11) is 0. The lowest BCUT2D eigenvalue weighted by Gasteiger charge is -2.24. The van der Waals surface area contributed by atoms with Gasteiger partial charge in [0.05, 0.1) is 0 Å². The van der Waals surface area contributed by atoms with E-state index in [1.54, 1.807) is 0 Å². The van der Waals surface area contributed by atoms with Gasteiger partial charge in [0.2, 0.25) is 0 Å². The van der Waals surface area contributed by atoms with E-state index in [4.69, 9.17) is 5.73 Å². The van der Waals surface area contributed by atoms with Crippen LogP contribution in [0.2, 0.25) is 0 Å². The van der Waals surface area contributed by atoms with Crippen molar-refractivity contribution in [2.75, 3.05) is 13.1 Å². The molecule has 0 aromatic carbocycles. The van der Waals surface area contributed by atoms with Gasteiger partial charge in [-0.15, -0.1) is 0 Å². The minimum atomic E-state index is 0.363. The molecule has 0 bridgehead atoms. The lowest BCUT2D eigenvalue weighted by molar-refractivity contribution is 0.252. The van der Waals surface area contributed by atoms with E-state index in [9.17, 15) is 0 Å². The van der Waals surface area contributed by atoms with Crippen molar-refractivity contribution in [3.63, 3.8) is 0 Å². The van der Waals surface area contributed by atoms with Gasteiger partial charge in [0.25, 0.3) is 0 Å². The minimum Gasteiger partial charge on any atom is -0.326 e. The van der Waals surface area contributed by atoms with E-state index in [0.29, 0.717) is 6.04 Å². The third-order valence-electron chi connectivity index (χ3n) is 3.30. The molecule has 2 rings (SSSR count). The van der Waals surface area contributed by atoms with Gasteiger partial charge in [-0.3, -0.25) is 9.88 Å². The van der Waals surface area contributed by atoms with Crippen molar-refractivity contribution >= 4 is 0 Å². The zero-order valence-corrected chi connectivity index (χ0v) is 9.97. The number of hydrogen-bond donors (Lipinski definition) is 1. The molecule has 1 heterocycles. The molecule has 0 amide bonds. The Bertz CT molecular complexity index is 308. The van der Waals surface area contributed by atoms with Gasteiger partial charge in [-0.2, -0.15) is 0 Å². The van der Waals surface area contributed by atoms with Crippen molar-refractivity contribution in [3.8, 4) is 0 Å². The normalized spacial score (nSPS) is 17.7. The summed E-state index contributed by atoms with van der Waals surface area (Å²) in [5, 5.41) is 0. The number of rotatable bonds is 6. The SMILES string of the molecule is CCN(Cc1ccncc1)CC(N)C1CC1. The maximum atomic E-state index is 6.16. The second-order valence-corrected chi connectivity index (χ2v) is 4.68. The Kier molecular flexibility index (Phi) is 3.91. The summed E-state index contributed by atoms with van der Waals surface area (Å²) >= 11 is 0. The molecule has 1 atom stereocenters. The Balaban J connectivity index is 1.85. The van der Waals surface area contributed by atoms with Crippen LogP contribution in [-0.4, -0.2) is 29.0 Å². The Labute approximate surface area is 97.7 Å². The zero-order valence-electron chi connectivity index (χ0n) is 9.97. The standard InChI is InChI=1S/C13H21N3/c1-2-16(10-13(14)12-3-4-12)9-11-5-7-15-8-6-11/h5-8,12-13H,2-4,9-10,14H2,1H3. The number of nitrogens with two attached hydrogens (primary N) is 1. The van der Waals surface area contributed by atoms with E-state index in [2.05, 4.69) is 28.9 Å². The Morgan fingerprint density at radius 2 is 2.12 bits per heavy atom. The minimum absolute atomic E-state index is 0.363. The Morgan fingerprint density at radius 3 is 2.69 bits per heavy atom. The van der Waals surface area contributed by atoms with Crippen molar-refractivity contribution in [2.24, 2.45) is 11.7 Å². The molecule has 1 aliphatic rings. The number of likely N-dealkylation sites (N-methyl/N-ethyl adjacent to an activating group) is 1. The van der Waals surface area contributed by atoms with Gasteiger partial charge in [-0.1, -0.05) is 6.92 Å². The van der Waals surface area contributed by atoms with Crippen LogP contribution in [0.3, 0.4) is 0 Å². The molecule has 88 valence electrons. The highest BCUT2D eigenvalue weighted by Crippen LogP contribution is 2.31. The zero-order chi connectivity index (χ0) is 11.4. The third-order valence-corrected chi connectivity index (χ3v) is 3.30. The molecular weight excluding hydrogens is 198 g/mol. The van der Waals surface area contributed by atoms with Crippen LogP contribution in [0.4, 0.5) is 0 Å². The smallest absolute Gasteiger partial charge is 0.0271 e. The number of aromatic nitrogens is 1. The lowest BCUT2D eigenvalue weighted by atomic mass is 10.1. The molecule has 0 radical (unpaired) electrons. The number of nitrogens with zero attached hydrogens (tertiary/aromatic N) is 2. The predicted octanol–water partition coefficient (Wildman–Crippen LogP) is 1.64. The van der Waals surface area contributed by atoms with Gasteiger partial charge >= 0.3 is 0 Å². The summed E-state index contributed by atoms with van der Waals surface area (Å²) < 4.78 is 0. The second-order valence-electron chi connectivity index (χ2n) is 4.68. The Morgan fingerprint density at radius 1 is 1.44 bits per heavy atom. The topological polar surface area (TPSA) is 42.2 Å². The maximum Gasteiger partial charge on any atom is 0.0271 e. The van der Waals surface area contributed by atoms with Gasteiger partial charge in [0.15, 0.2) is 0 Å². The first-order valence-electron chi connectivity index (χ1n) is 6.16. The number of hydrogen-bond acceptors (Lipinski definition) is 3. The molecule has 3 nitrogen and oxygen atoms in total. The van der Waals surface area contributed by atoms with Crippen molar-refractivity contribution in [1.29, 1.82) is 0 Å². The van der Waals surface area contributed by atoms with E-state index < -0.39 is 0 Å². The lowest BCUT2D eigenvalue weighted by Crippen LogP contribution is -2.38. The van der Waals surface area contributed by atoms with Crippen LogP contribution in [0, 0.1) is 5.92 Å². The van der Waals surface area contributed by atoms with E-state index in [1.807, 2.05) is 12.4 Å². The first kappa shape index (κ1) is 11.6. The largest absolute Gasteiger partial charge is 0.326 e.